The van der Waals surface area contributed by atoms with Gasteiger partial charge in [-0.3, -0.25) is 0 Å². The molecule has 0 radical (unpaired) electrons. The van der Waals surface area contributed by atoms with Crippen LogP contribution in [0.1, 0.15) is 22.8 Å². The third-order valence-corrected chi connectivity index (χ3v) is 2.29. The SMILES string of the molecule is Cc1cc(C(O)C(O)C#N)cc(C)c1O. The maximum atomic E-state index is 9.57. The Morgan fingerprint density at radius 2 is 1.67 bits per heavy atom. The van der Waals surface area contributed by atoms with E-state index >= 15 is 0 Å². The third-order valence-electron chi connectivity index (χ3n) is 2.29. The van der Waals surface area contributed by atoms with Crippen molar-refractivity contribution in [1.29, 1.82) is 5.26 Å². The number of nitriles is 1. The van der Waals surface area contributed by atoms with Crippen LogP contribution in [0.25, 0.3) is 0 Å². The Morgan fingerprint density at radius 3 is 2.07 bits per heavy atom. The molecule has 0 aromatic heterocycles. The van der Waals surface area contributed by atoms with Gasteiger partial charge in [-0.05, 0) is 42.7 Å². The molecule has 0 fully saturated rings. The van der Waals surface area contributed by atoms with E-state index in [0.29, 0.717) is 16.7 Å². The molecule has 80 valence electrons. The van der Waals surface area contributed by atoms with Gasteiger partial charge < -0.3 is 15.3 Å². The maximum Gasteiger partial charge on any atom is 0.170 e. The number of aliphatic hydroxyl groups excluding tert-OH is 2. The third kappa shape index (κ3) is 2.27. The van der Waals surface area contributed by atoms with E-state index < -0.39 is 12.2 Å². The van der Waals surface area contributed by atoms with Crippen LogP contribution >= 0.6 is 0 Å². The Labute approximate surface area is 88.0 Å². The van der Waals surface area contributed by atoms with Gasteiger partial charge in [-0.1, -0.05) is 0 Å². The first-order chi connectivity index (χ1) is 6.97. The number of benzene rings is 1. The first kappa shape index (κ1) is 11.5. The van der Waals surface area contributed by atoms with Crippen molar-refractivity contribution in [2.45, 2.75) is 26.1 Å². The Hall–Kier alpha value is -1.57. The van der Waals surface area contributed by atoms with Crippen LogP contribution in [0.2, 0.25) is 0 Å². The van der Waals surface area contributed by atoms with Crippen molar-refractivity contribution in [2.75, 3.05) is 0 Å². The minimum atomic E-state index is -1.45. The zero-order valence-electron chi connectivity index (χ0n) is 8.60. The van der Waals surface area contributed by atoms with E-state index in [4.69, 9.17) is 10.4 Å². The second-order valence-corrected chi connectivity index (χ2v) is 3.52. The van der Waals surface area contributed by atoms with E-state index in [1.54, 1.807) is 32.0 Å². The monoisotopic (exact) mass is 207 g/mol. The smallest absolute Gasteiger partial charge is 0.170 e. The summed E-state index contributed by atoms with van der Waals surface area (Å²) in [6.07, 6.45) is -2.69. The van der Waals surface area contributed by atoms with Crippen LogP contribution in [0.5, 0.6) is 5.75 Å². The minimum Gasteiger partial charge on any atom is -0.507 e. The van der Waals surface area contributed by atoms with Gasteiger partial charge >= 0.3 is 0 Å². The fourth-order valence-electron chi connectivity index (χ4n) is 1.41. The Balaban J connectivity index is 3.12. The van der Waals surface area contributed by atoms with Crippen LogP contribution in [-0.2, 0) is 0 Å². The number of phenolic OH excluding ortho intramolecular Hbond substituents is 1. The van der Waals surface area contributed by atoms with E-state index in [1.807, 2.05) is 0 Å². The number of hydrogen-bond donors (Lipinski definition) is 3. The van der Waals surface area contributed by atoms with Gasteiger partial charge in [0.25, 0.3) is 0 Å². The average molecular weight is 207 g/mol. The van der Waals surface area contributed by atoms with Gasteiger partial charge in [0.05, 0.1) is 6.07 Å². The minimum absolute atomic E-state index is 0.164. The molecule has 1 rings (SSSR count). The molecule has 4 heteroatoms. The quantitative estimate of drug-likeness (QED) is 0.630. The van der Waals surface area contributed by atoms with Crippen molar-refractivity contribution in [2.24, 2.45) is 0 Å². The number of rotatable bonds is 2. The molecule has 0 aliphatic heterocycles. The van der Waals surface area contributed by atoms with Crippen molar-refractivity contribution >= 4 is 0 Å². The number of hydrogen-bond acceptors (Lipinski definition) is 4. The molecule has 2 unspecified atom stereocenters. The lowest BCUT2D eigenvalue weighted by Gasteiger charge is -2.14. The molecule has 15 heavy (non-hydrogen) atoms. The fourth-order valence-corrected chi connectivity index (χ4v) is 1.41. The van der Waals surface area contributed by atoms with Crippen LogP contribution in [0, 0.1) is 25.2 Å². The molecule has 0 aliphatic carbocycles. The molecule has 2 atom stereocenters. The maximum absolute atomic E-state index is 9.57. The highest BCUT2D eigenvalue weighted by atomic mass is 16.3. The molecule has 4 nitrogen and oxygen atoms in total. The highest BCUT2D eigenvalue weighted by Gasteiger charge is 2.19. The summed E-state index contributed by atoms with van der Waals surface area (Å²) in [6.45, 7) is 3.38. The summed E-state index contributed by atoms with van der Waals surface area (Å²) in [4.78, 5) is 0. The van der Waals surface area contributed by atoms with E-state index in [0.717, 1.165) is 0 Å². The lowest BCUT2D eigenvalue weighted by molar-refractivity contribution is 0.0527. The molecule has 3 N–H and O–H groups in total. The van der Waals surface area contributed by atoms with Gasteiger partial charge in [-0.2, -0.15) is 5.26 Å². The molecular weight excluding hydrogens is 194 g/mol. The lowest BCUT2D eigenvalue weighted by atomic mass is 9.99. The van der Waals surface area contributed by atoms with Crippen LogP contribution < -0.4 is 0 Å². The zero-order valence-corrected chi connectivity index (χ0v) is 8.60. The molecule has 0 spiro atoms. The molecule has 0 saturated carbocycles. The van der Waals surface area contributed by atoms with Gasteiger partial charge in [0, 0.05) is 0 Å². The van der Waals surface area contributed by atoms with Crippen molar-refractivity contribution in [3.8, 4) is 11.8 Å². The first-order valence-electron chi connectivity index (χ1n) is 4.53. The molecule has 1 aromatic rings. The molecule has 1 aromatic carbocycles. The Kier molecular flexibility index (Phi) is 3.30. The van der Waals surface area contributed by atoms with Crippen molar-refractivity contribution < 1.29 is 15.3 Å². The molecule has 0 aliphatic rings. The summed E-state index contributed by atoms with van der Waals surface area (Å²) in [5, 5.41) is 36.7. The van der Waals surface area contributed by atoms with Gasteiger partial charge in [0.1, 0.15) is 11.9 Å². The summed E-state index contributed by atoms with van der Waals surface area (Å²) in [6, 6.07) is 4.66. The Bertz CT molecular complexity index is 386. The number of aliphatic hydroxyl groups is 2. The standard InChI is InChI=1S/C11H13NO3/c1-6-3-8(4-7(2)10(6)14)11(15)9(13)5-12/h3-4,9,11,13-15H,1-2H3. The van der Waals surface area contributed by atoms with Crippen LogP contribution in [0.4, 0.5) is 0 Å². The lowest BCUT2D eigenvalue weighted by Crippen LogP contribution is -2.16. The number of aryl methyl sites for hydroxylation is 2. The van der Waals surface area contributed by atoms with Crippen LogP contribution in [0.15, 0.2) is 12.1 Å². The van der Waals surface area contributed by atoms with E-state index in [9.17, 15) is 10.2 Å². The van der Waals surface area contributed by atoms with Gasteiger partial charge in [-0.15, -0.1) is 0 Å². The van der Waals surface area contributed by atoms with Gasteiger partial charge in [-0.25, -0.2) is 0 Å². The molecule has 0 amide bonds. The zero-order chi connectivity index (χ0) is 11.6. The van der Waals surface area contributed by atoms with Crippen LogP contribution in [0.3, 0.4) is 0 Å². The number of aromatic hydroxyl groups is 1. The topological polar surface area (TPSA) is 84.5 Å². The fraction of sp³-hybridized carbons (Fsp3) is 0.364. The molecule has 0 heterocycles. The van der Waals surface area contributed by atoms with Gasteiger partial charge in [0.2, 0.25) is 0 Å². The molecule has 0 bridgehead atoms. The van der Waals surface area contributed by atoms with Gasteiger partial charge in [0.15, 0.2) is 6.10 Å². The summed E-state index contributed by atoms with van der Waals surface area (Å²) in [7, 11) is 0. The second-order valence-electron chi connectivity index (χ2n) is 3.52. The molecular formula is C11H13NO3. The normalized spacial score (nSPS) is 14.3. The van der Waals surface area contributed by atoms with Crippen molar-refractivity contribution in [3.05, 3.63) is 28.8 Å². The highest BCUT2D eigenvalue weighted by Crippen LogP contribution is 2.27. The average Bonchev–Trinajstić information content (AvgIpc) is 2.23. The molecule has 0 saturated heterocycles. The van der Waals surface area contributed by atoms with Crippen LogP contribution in [-0.4, -0.2) is 21.4 Å². The predicted octanol–water partition coefficient (Wildman–Crippen LogP) is 0.927. The van der Waals surface area contributed by atoms with E-state index in [-0.39, 0.29) is 5.75 Å². The predicted molar refractivity (Wildman–Crippen MR) is 54.2 cm³/mol. The second kappa shape index (κ2) is 4.30. The largest absolute Gasteiger partial charge is 0.507 e. The van der Waals surface area contributed by atoms with E-state index in [1.165, 1.54) is 0 Å². The highest BCUT2D eigenvalue weighted by molar-refractivity contribution is 5.43. The van der Waals surface area contributed by atoms with Crippen molar-refractivity contribution in [3.63, 3.8) is 0 Å². The first-order valence-corrected chi connectivity index (χ1v) is 4.53. The Morgan fingerprint density at radius 1 is 1.20 bits per heavy atom. The summed E-state index contributed by atoms with van der Waals surface area (Å²) < 4.78 is 0. The number of nitrogens with zero attached hydrogens (tertiary/aromatic N) is 1. The van der Waals surface area contributed by atoms with E-state index in [2.05, 4.69) is 0 Å². The summed E-state index contributed by atoms with van der Waals surface area (Å²) >= 11 is 0. The summed E-state index contributed by atoms with van der Waals surface area (Å²) in [5.41, 5.74) is 1.64. The number of phenols is 1. The van der Waals surface area contributed by atoms with Crippen molar-refractivity contribution in [1.82, 2.24) is 0 Å². The summed E-state index contributed by atoms with van der Waals surface area (Å²) in [5.74, 6) is 0.164.